The average molecular weight is 440 g/mol. The fraction of sp³-hybridized carbons (Fsp3) is 0.522. The van der Waals surface area contributed by atoms with Crippen LogP contribution in [0.4, 0.5) is 5.82 Å². The van der Waals surface area contributed by atoms with Gasteiger partial charge in [0.15, 0.2) is 0 Å². The summed E-state index contributed by atoms with van der Waals surface area (Å²) in [5.41, 5.74) is 4.00. The number of morpholine rings is 1. The second kappa shape index (κ2) is 9.06. The van der Waals surface area contributed by atoms with E-state index in [-0.39, 0.29) is 6.10 Å². The Bertz CT molecular complexity index is 1050. The Balaban J connectivity index is 1.67. The van der Waals surface area contributed by atoms with Crippen LogP contribution in [0.15, 0.2) is 30.6 Å². The Morgan fingerprint density at radius 1 is 1.19 bits per heavy atom. The molecule has 3 aromatic rings. The van der Waals surface area contributed by atoms with Crippen molar-refractivity contribution in [3.8, 4) is 11.4 Å². The standard InChI is InChI=1S/C23H33N5O2Si/c1-17-6-7-20-19(12-17)23(28(26-20)16-29-10-11-31(3,4)5)21-13-22(25-15-24-21)27-8-9-30-18(2)14-27/h6-7,12-13,15,18H,8-11,14,16H2,1-5H3/t18-/m1/s1. The lowest BCUT2D eigenvalue weighted by molar-refractivity contribution is 0.0529. The highest BCUT2D eigenvalue weighted by Crippen LogP contribution is 2.30. The normalized spacial score (nSPS) is 17.5. The molecule has 0 unspecified atom stereocenters. The van der Waals surface area contributed by atoms with Crippen molar-refractivity contribution in [2.75, 3.05) is 31.2 Å². The van der Waals surface area contributed by atoms with Crippen LogP contribution < -0.4 is 4.90 Å². The summed E-state index contributed by atoms with van der Waals surface area (Å²) in [5, 5.41) is 5.92. The molecule has 31 heavy (non-hydrogen) atoms. The average Bonchev–Trinajstić information content (AvgIpc) is 3.08. The van der Waals surface area contributed by atoms with Gasteiger partial charge in [-0.2, -0.15) is 5.10 Å². The molecule has 3 heterocycles. The van der Waals surface area contributed by atoms with Gasteiger partial charge in [0, 0.05) is 39.2 Å². The van der Waals surface area contributed by atoms with E-state index < -0.39 is 8.07 Å². The zero-order valence-corrected chi connectivity index (χ0v) is 20.3. The summed E-state index contributed by atoms with van der Waals surface area (Å²) in [6.45, 7) is 14.8. The lowest BCUT2D eigenvalue weighted by Crippen LogP contribution is -2.41. The SMILES string of the molecule is Cc1ccc2nn(COCC[Si](C)(C)C)c(-c3cc(N4CCO[C@H](C)C4)ncn3)c2c1. The molecule has 0 radical (unpaired) electrons. The molecule has 7 nitrogen and oxygen atoms in total. The Labute approximate surface area is 185 Å². The maximum Gasteiger partial charge on any atom is 0.140 e. The number of aryl methyl sites for hydroxylation is 1. The zero-order chi connectivity index (χ0) is 22.0. The summed E-state index contributed by atoms with van der Waals surface area (Å²) in [6, 6.07) is 9.54. The number of ether oxygens (including phenoxy) is 2. The molecule has 1 aliphatic heterocycles. The van der Waals surface area contributed by atoms with Crippen LogP contribution in [-0.2, 0) is 16.2 Å². The van der Waals surface area contributed by atoms with Crippen molar-refractivity contribution >= 4 is 24.8 Å². The van der Waals surface area contributed by atoms with E-state index in [1.54, 1.807) is 6.33 Å². The number of rotatable bonds is 7. The first kappa shape index (κ1) is 21.9. The van der Waals surface area contributed by atoms with Crippen molar-refractivity contribution in [3.63, 3.8) is 0 Å². The van der Waals surface area contributed by atoms with Crippen molar-refractivity contribution in [2.45, 2.75) is 52.4 Å². The largest absolute Gasteiger partial charge is 0.375 e. The van der Waals surface area contributed by atoms with Gasteiger partial charge >= 0.3 is 0 Å². The minimum absolute atomic E-state index is 0.195. The van der Waals surface area contributed by atoms with Gasteiger partial charge < -0.3 is 14.4 Å². The number of hydrogen-bond acceptors (Lipinski definition) is 6. The molecule has 0 saturated carbocycles. The molecule has 1 saturated heterocycles. The topological polar surface area (TPSA) is 65.3 Å². The summed E-state index contributed by atoms with van der Waals surface area (Å²) in [5.74, 6) is 0.924. The molecule has 0 spiro atoms. The number of nitrogens with zero attached hydrogens (tertiary/aromatic N) is 5. The summed E-state index contributed by atoms with van der Waals surface area (Å²) < 4.78 is 13.7. The Morgan fingerprint density at radius 2 is 2.03 bits per heavy atom. The fourth-order valence-corrected chi connectivity index (χ4v) is 4.57. The zero-order valence-electron chi connectivity index (χ0n) is 19.3. The van der Waals surface area contributed by atoms with E-state index in [0.717, 1.165) is 53.8 Å². The van der Waals surface area contributed by atoms with Gasteiger partial charge in [-0.05, 0) is 32.0 Å². The first-order valence-electron chi connectivity index (χ1n) is 11.0. The number of aromatic nitrogens is 4. The molecule has 1 atom stereocenters. The van der Waals surface area contributed by atoms with E-state index in [1.807, 2.05) is 4.68 Å². The van der Waals surface area contributed by atoms with Crippen LogP contribution in [0, 0.1) is 6.92 Å². The lowest BCUT2D eigenvalue weighted by atomic mass is 10.1. The van der Waals surface area contributed by atoms with Gasteiger partial charge in [-0.3, -0.25) is 0 Å². The molecular weight excluding hydrogens is 406 g/mol. The molecule has 8 heteroatoms. The maximum absolute atomic E-state index is 6.04. The number of benzene rings is 1. The van der Waals surface area contributed by atoms with Gasteiger partial charge in [0.2, 0.25) is 0 Å². The molecule has 4 rings (SSSR count). The van der Waals surface area contributed by atoms with Crippen LogP contribution in [-0.4, -0.2) is 60.2 Å². The Kier molecular flexibility index (Phi) is 6.41. The van der Waals surface area contributed by atoms with Crippen LogP contribution in [0.2, 0.25) is 25.7 Å². The third-order valence-electron chi connectivity index (χ3n) is 5.56. The van der Waals surface area contributed by atoms with Crippen LogP contribution in [0.25, 0.3) is 22.3 Å². The molecule has 0 amide bonds. The molecule has 2 aromatic heterocycles. The minimum Gasteiger partial charge on any atom is -0.375 e. The second-order valence-corrected chi connectivity index (χ2v) is 15.2. The summed E-state index contributed by atoms with van der Waals surface area (Å²) in [4.78, 5) is 11.4. The van der Waals surface area contributed by atoms with Crippen molar-refractivity contribution in [1.29, 1.82) is 0 Å². The third kappa shape index (κ3) is 5.31. The third-order valence-corrected chi connectivity index (χ3v) is 7.27. The van der Waals surface area contributed by atoms with E-state index in [1.165, 1.54) is 5.56 Å². The second-order valence-electron chi connectivity index (χ2n) is 9.61. The van der Waals surface area contributed by atoms with Crippen molar-refractivity contribution in [2.24, 2.45) is 0 Å². The number of hydrogen-bond donors (Lipinski definition) is 0. The van der Waals surface area contributed by atoms with E-state index >= 15 is 0 Å². The smallest absolute Gasteiger partial charge is 0.140 e. The highest BCUT2D eigenvalue weighted by molar-refractivity contribution is 6.76. The van der Waals surface area contributed by atoms with Crippen LogP contribution in [0.5, 0.6) is 0 Å². The van der Waals surface area contributed by atoms with Crippen molar-refractivity contribution < 1.29 is 9.47 Å². The van der Waals surface area contributed by atoms with Gasteiger partial charge in [-0.25, -0.2) is 14.6 Å². The highest BCUT2D eigenvalue weighted by atomic mass is 28.3. The highest BCUT2D eigenvalue weighted by Gasteiger charge is 2.21. The monoisotopic (exact) mass is 439 g/mol. The van der Waals surface area contributed by atoms with E-state index in [2.05, 4.69) is 72.6 Å². The van der Waals surface area contributed by atoms with Crippen LogP contribution in [0.1, 0.15) is 12.5 Å². The number of anilines is 1. The molecule has 0 aliphatic carbocycles. The quantitative estimate of drug-likeness (QED) is 0.403. The molecule has 0 bridgehead atoms. The summed E-state index contributed by atoms with van der Waals surface area (Å²) in [6.07, 6.45) is 1.84. The predicted molar refractivity (Wildman–Crippen MR) is 127 cm³/mol. The number of fused-ring (bicyclic) bond motifs is 1. The van der Waals surface area contributed by atoms with E-state index in [9.17, 15) is 0 Å². The van der Waals surface area contributed by atoms with Gasteiger partial charge in [-0.1, -0.05) is 31.3 Å². The van der Waals surface area contributed by atoms with Crippen molar-refractivity contribution in [1.82, 2.24) is 19.7 Å². The molecule has 166 valence electrons. The summed E-state index contributed by atoms with van der Waals surface area (Å²) >= 11 is 0. The van der Waals surface area contributed by atoms with Crippen LogP contribution in [0.3, 0.4) is 0 Å². The van der Waals surface area contributed by atoms with Gasteiger partial charge in [0.1, 0.15) is 18.9 Å². The van der Waals surface area contributed by atoms with E-state index in [4.69, 9.17) is 14.6 Å². The van der Waals surface area contributed by atoms with Crippen LogP contribution >= 0.6 is 0 Å². The lowest BCUT2D eigenvalue weighted by Gasteiger charge is -2.32. The predicted octanol–water partition coefficient (Wildman–Crippen LogP) is 4.34. The van der Waals surface area contributed by atoms with E-state index in [0.29, 0.717) is 13.3 Å². The Hall–Kier alpha value is -2.29. The molecule has 1 fully saturated rings. The van der Waals surface area contributed by atoms with Crippen molar-refractivity contribution in [3.05, 3.63) is 36.2 Å². The van der Waals surface area contributed by atoms with Gasteiger partial charge in [0.25, 0.3) is 0 Å². The molecule has 1 aliphatic rings. The first-order chi connectivity index (χ1) is 14.8. The minimum atomic E-state index is -1.14. The fourth-order valence-electron chi connectivity index (χ4n) is 3.81. The molecule has 1 aromatic carbocycles. The Morgan fingerprint density at radius 3 is 2.81 bits per heavy atom. The maximum atomic E-state index is 6.04. The first-order valence-corrected chi connectivity index (χ1v) is 14.7. The van der Waals surface area contributed by atoms with Gasteiger partial charge in [-0.15, -0.1) is 0 Å². The summed E-state index contributed by atoms with van der Waals surface area (Å²) in [7, 11) is -1.14. The molecular formula is C23H33N5O2Si. The van der Waals surface area contributed by atoms with Gasteiger partial charge in [0.05, 0.1) is 29.6 Å². The molecule has 0 N–H and O–H groups in total.